The minimum atomic E-state index is -0.234. The monoisotopic (exact) mass is 237 g/mol. The highest BCUT2D eigenvalue weighted by molar-refractivity contribution is 5.21. The molecule has 17 heavy (non-hydrogen) atoms. The fourth-order valence-corrected chi connectivity index (χ4v) is 2.49. The minimum Gasteiger partial charge on any atom is -0.396 e. The predicted molar refractivity (Wildman–Crippen MR) is 66.5 cm³/mol. The maximum absolute atomic E-state index is 13.1. The van der Waals surface area contributed by atoms with Gasteiger partial charge in [0.1, 0.15) is 5.82 Å². The summed E-state index contributed by atoms with van der Waals surface area (Å²) in [6.45, 7) is 0.786. The first-order valence-electron chi connectivity index (χ1n) is 6.39. The number of aliphatic hydroxyl groups is 1. The summed E-state index contributed by atoms with van der Waals surface area (Å²) < 4.78 is 13.1. The van der Waals surface area contributed by atoms with Gasteiger partial charge in [-0.2, -0.15) is 0 Å². The van der Waals surface area contributed by atoms with Crippen LogP contribution in [0.5, 0.6) is 0 Å². The van der Waals surface area contributed by atoms with Crippen LogP contribution in [0.25, 0.3) is 0 Å². The molecular weight excluding hydrogens is 217 g/mol. The van der Waals surface area contributed by atoms with E-state index in [1.807, 2.05) is 6.07 Å². The van der Waals surface area contributed by atoms with Gasteiger partial charge < -0.3 is 10.4 Å². The molecule has 1 aromatic rings. The third kappa shape index (κ3) is 3.51. The van der Waals surface area contributed by atoms with Gasteiger partial charge in [0.05, 0.1) is 6.61 Å². The molecule has 0 radical (unpaired) electrons. The van der Waals surface area contributed by atoms with E-state index in [2.05, 4.69) is 5.32 Å². The van der Waals surface area contributed by atoms with E-state index >= 15 is 0 Å². The quantitative estimate of drug-likeness (QED) is 0.824. The van der Waals surface area contributed by atoms with E-state index in [0.717, 1.165) is 12.1 Å². The van der Waals surface area contributed by atoms with Crippen LogP contribution in [0, 0.1) is 5.82 Å². The van der Waals surface area contributed by atoms with Crippen molar-refractivity contribution in [3.05, 3.63) is 35.6 Å². The van der Waals surface area contributed by atoms with E-state index in [1.165, 1.54) is 37.8 Å². The van der Waals surface area contributed by atoms with Crippen LogP contribution in [-0.4, -0.2) is 24.3 Å². The summed E-state index contributed by atoms with van der Waals surface area (Å²) in [4.78, 5) is 0. The van der Waals surface area contributed by atoms with E-state index in [1.54, 1.807) is 6.07 Å². The van der Waals surface area contributed by atoms with Gasteiger partial charge in [-0.3, -0.25) is 0 Å². The number of halogens is 1. The molecule has 0 aromatic heterocycles. The van der Waals surface area contributed by atoms with Crippen LogP contribution in [0.4, 0.5) is 4.39 Å². The van der Waals surface area contributed by atoms with Crippen LogP contribution >= 0.6 is 0 Å². The van der Waals surface area contributed by atoms with Gasteiger partial charge in [-0.25, -0.2) is 4.39 Å². The number of hydrogen-bond acceptors (Lipinski definition) is 2. The Morgan fingerprint density at radius 3 is 2.76 bits per heavy atom. The van der Waals surface area contributed by atoms with E-state index in [4.69, 9.17) is 0 Å². The van der Waals surface area contributed by atoms with Crippen molar-refractivity contribution in [2.24, 2.45) is 0 Å². The molecule has 1 aliphatic carbocycles. The first-order valence-corrected chi connectivity index (χ1v) is 6.39. The molecule has 0 heterocycles. The summed E-state index contributed by atoms with van der Waals surface area (Å²) in [6.07, 6.45) is 5.03. The van der Waals surface area contributed by atoms with Crippen LogP contribution in [0.2, 0.25) is 0 Å². The van der Waals surface area contributed by atoms with Crippen molar-refractivity contribution in [3.63, 3.8) is 0 Å². The number of nitrogens with one attached hydrogen (secondary N) is 1. The lowest BCUT2D eigenvalue weighted by atomic mass is 9.99. The Labute approximate surface area is 102 Å². The zero-order valence-corrected chi connectivity index (χ0v) is 10.0. The van der Waals surface area contributed by atoms with Crippen molar-refractivity contribution < 1.29 is 9.50 Å². The Hall–Kier alpha value is -0.930. The van der Waals surface area contributed by atoms with Crippen LogP contribution < -0.4 is 5.32 Å². The molecule has 2 rings (SSSR count). The molecule has 1 unspecified atom stereocenters. The highest BCUT2D eigenvalue weighted by Crippen LogP contribution is 2.20. The van der Waals surface area contributed by atoms with Crippen LogP contribution in [0.15, 0.2) is 24.3 Å². The summed E-state index contributed by atoms with van der Waals surface area (Å²) >= 11 is 0. The predicted octanol–water partition coefficient (Wildman–Crippen LogP) is 2.43. The van der Waals surface area contributed by atoms with Crippen molar-refractivity contribution in [1.82, 2.24) is 5.32 Å². The molecule has 0 aliphatic heterocycles. The molecule has 1 saturated carbocycles. The SMILES string of the molecule is OCC(CNC1CCCC1)c1cccc(F)c1. The fraction of sp³-hybridized carbons (Fsp3) is 0.571. The Morgan fingerprint density at radius 1 is 1.35 bits per heavy atom. The van der Waals surface area contributed by atoms with Crippen molar-refractivity contribution in [3.8, 4) is 0 Å². The Bertz CT molecular complexity index is 350. The van der Waals surface area contributed by atoms with E-state index in [0.29, 0.717) is 6.04 Å². The maximum Gasteiger partial charge on any atom is 0.123 e. The normalized spacial score (nSPS) is 18.5. The molecule has 0 spiro atoms. The molecule has 2 N–H and O–H groups in total. The first-order chi connectivity index (χ1) is 8.29. The molecular formula is C14H20FNO. The molecule has 1 atom stereocenters. The second-order valence-electron chi connectivity index (χ2n) is 4.82. The van der Waals surface area contributed by atoms with E-state index in [9.17, 15) is 9.50 Å². The summed E-state index contributed by atoms with van der Waals surface area (Å²) in [7, 11) is 0. The molecule has 94 valence electrons. The lowest BCUT2D eigenvalue weighted by molar-refractivity contribution is 0.258. The van der Waals surface area contributed by atoms with Crippen molar-refractivity contribution >= 4 is 0 Å². The van der Waals surface area contributed by atoms with Gasteiger partial charge in [0.2, 0.25) is 0 Å². The molecule has 2 nitrogen and oxygen atoms in total. The minimum absolute atomic E-state index is 0.00806. The van der Waals surface area contributed by atoms with Gasteiger partial charge >= 0.3 is 0 Å². The van der Waals surface area contributed by atoms with Gasteiger partial charge in [-0.1, -0.05) is 25.0 Å². The molecule has 1 aliphatic rings. The molecule has 3 heteroatoms. The lowest BCUT2D eigenvalue weighted by Crippen LogP contribution is -2.31. The summed E-state index contributed by atoms with van der Waals surface area (Å²) in [6, 6.07) is 7.10. The third-order valence-electron chi connectivity index (χ3n) is 3.55. The fourth-order valence-electron chi connectivity index (χ4n) is 2.49. The lowest BCUT2D eigenvalue weighted by Gasteiger charge is -2.19. The number of benzene rings is 1. The molecule has 0 saturated heterocycles. The summed E-state index contributed by atoms with van der Waals surface area (Å²) in [5.41, 5.74) is 0.873. The summed E-state index contributed by atoms with van der Waals surface area (Å²) in [5, 5.41) is 12.8. The zero-order chi connectivity index (χ0) is 12.1. The summed E-state index contributed by atoms with van der Waals surface area (Å²) in [5.74, 6) is -0.242. The maximum atomic E-state index is 13.1. The average molecular weight is 237 g/mol. The van der Waals surface area contributed by atoms with Gasteiger partial charge in [0.25, 0.3) is 0 Å². The van der Waals surface area contributed by atoms with Crippen molar-refractivity contribution in [2.75, 3.05) is 13.2 Å². The second-order valence-corrected chi connectivity index (χ2v) is 4.82. The average Bonchev–Trinajstić information content (AvgIpc) is 2.83. The third-order valence-corrected chi connectivity index (χ3v) is 3.55. The molecule has 0 bridgehead atoms. The molecule has 1 aromatic carbocycles. The van der Waals surface area contributed by atoms with E-state index in [-0.39, 0.29) is 18.3 Å². The van der Waals surface area contributed by atoms with Gasteiger partial charge in [-0.15, -0.1) is 0 Å². The van der Waals surface area contributed by atoms with Gasteiger partial charge in [0.15, 0.2) is 0 Å². The van der Waals surface area contributed by atoms with Crippen molar-refractivity contribution in [2.45, 2.75) is 37.6 Å². The van der Waals surface area contributed by atoms with Crippen LogP contribution in [0.3, 0.4) is 0 Å². The number of rotatable bonds is 5. The molecule has 1 fully saturated rings. The van der Waals surface area contributed by atoms with Crippen molar-refractivity contribution in [1.29, 1.82) is 0 Å². The second kappa shape index (κ2) is 6.12. The standard InChI is InChI=1S/C14H20FNO/c15-13-5-3-4-11(8-13)12(10-17)9-16-14-6-1-2-7-14/h3-5,8,12,14,16-17H,1-2,6-7,9-10H2. The van der Waals surface area contributed by atoms with Gasteiger partial charge in [0, 0.05) is 18.5 Å². The molecule has 0 amide bonds. The highest BCUT2D eigenvalue weighted by Gasteiger charge is 2.17. The van der Waals surface area contributed by atoms with Crippen LogP contribution in [-0.2, 0) is 0 Å². The highest BCUT2D eigenvalue weighted by atomic mass is 19.1. The van der Waals surface area contributed by atoms with Gasteiger partial charge in [-0.05, 0) is 30.5 Å². The first kappa shape index (κ1) is 12.5. The Morgan fingerprint density at radius 2 is 2.12 bits per heavy atom. The number of aliphatic hydroxyl groups excluding tert-OH is 1. The number of hydrogen-bond donors (Lipinski definition) is 2. The van der Waals surface area contributed by atoms with Crippen LogP contribution in [0.1, 0.15) is 37.2 Å². The Kier molecular flexibility index (Phi) is 4.51. The van der Waals surface area contributed by atoms with E-state index < -0.39 is 0 Å². The topological polar surface area (TPSA) is 32.3 Å². The largest absolute Gasteiger partial charge is 0.396 e. The smallest absolute Gasteiger partial charge is 0.123 e. The zero-order valence-electron chi connectivity index (χ0n) is 10.0. The Balaban J connectivity index is 1.91.